The maximum atomic E-state index is 15.1. The number of halogens is 8. The van der Waals surface area contributed by atoms with Gasteiger partial charge in [0.05, 0.1) is 45.4 Å². The summed E-state index contributed by atoms with van der Waals surface area (Å²) in [5, 5.41) is -1.63. The highest BCUT2D eigenvalue weighted by Gasteiger charge is 2.76. The van der Waals surface area contributed by atoms with E-state index in [4.69, 9.17) is 32.7 Å². The first-order chi connectivity index (χ1) is 25.8. The average molecular weight is 874 g/mol. The third-order valence-electron chi connectivity index (χ3n) is 14.7. The van der Waals surface area contributed by atoms with Crippen LogP contribution in [0.5, 0.6) is 0 Å². The van der Waals surface area contributed by atoms with E-state index in [9.17, 15) is 16.8 Å². The standard InChI is InChI=1S/C39H60Cl2F6O6S2/c40-27-5-17-33(18-6-27)54(48,49)35-21-13-31(14-22-35)52-29-9-1-25(2-10-29)37(38(42,43)44,39(45,46)47)26-3-11-30(12-4-26)53-32-15-23-36(24-16-32)55(50,51)34-19-7-28(41)8-20-34/h25-36H,1-24H2. The van der Waals surface area contributed by atoms with Gasteiger partial charge in [-0.05, 0) is 166 Å². The van der Waals surface area contributed by atoms with Gasteiger partial charge in [0.1, 0.15) is 0 Å². The summed E-state index contributed by atoms with van der Waals surface area (Å²) in [7, 11) is -6.62. The Labute approximate surface area is 334 Å². The third-order valence-corrected chi connectivity index (χ3v) is 21.1. The lowest BCUT2D eigenvalue weighted by atomic mass is 9.57. The maximum Gasteiger partial charge on any atom is 0.403 e. The number of alkyl halides is 8. The summed E-state index contributed by atoms with van der Waals surface area (Å²) < 4.78 is 156. The first-order valence-electron chi connectivity index (χ1n) is 21.0. The molecule has 0 aromatic carbocycles. The minimum absolute atomic E-state index is 0.0160. The van der Waals surface area contributed by atoms with E-state index < -0.39 is 72.0 Å². The molecule has 0 bridgehead atoms. The quantitative estimate of drug-likeness (QED) is 0.161. The summed E-state index contributed by atoms with van der Waals surface area (Å²) in [5.74, 6) is -3.23. The van der Waals surface area contributed by atoms with Gasteiger partial charge in [-0.1, -0.05) is 0 Å². The average Bonchev–Trinajstić information content (AvgIpc) is 3.13. The van der Waals surface area contributed by atoms with E-state index in [0.29, 0.717) is 103 Å². The molecular weight excluding hydrogens is 813 g/mol. The normalized spacial score (nSPS) is 39.4. The van der Waals surface area contributed by atoms with Gasteiger partial charge in [-0.25, -0.2) is 16.8 Å². The minimum atomic E-state index is -5.48. The molecule has 0 saturated heterocycles. The van der Waals surface area contributed by atoms with E-state index in [1.54, 1.807) is 0 Å². The van der Waals surface area contributed by atoms with Gasteiger partial charge in [0.15, 0.2) is 25.1 Å². The molecule has 55 heavy (non-hydrogen) atoms. The zero-order valence-corrected chi connectivity index (χ0v) is 34.8. The Hall–Kier alpha value is -0.0200. The van der Waals surface area contributed by atoms with Gasteiger partial charge in [-0.2, -0.15) is 26.3 Å². The van der Waals surface area contributed by atoms with E-state index in [2.05, 4.69) is 0 Å². The molecule has 320 valence electrons. The minimum Gasteiger partial charge on any atom is -0.375 e. The Morgan fingerprint density at radius 1 is 0.364 bits per heavy atom. The molecule has 6 aliphatic rings. The number of hydrogen-bond donors (Lipinski definition) is 0. The van der Waals surface area contributed by atoms with Crippen LogP contribution in [-0.2, 0) is 29.1 Å². The lowest BCUT2D eigenvalue weighted by Crippen LogP contribution is -2.61. The van der Waals surface area contributed by atoms with Gasteiger partial charge in [-0.3, -0.25) is 0 Å². The summed E-state index contributed by atoms with van der Waals surface area (Å²) in [4.78, 5) is 0. The first kappa shape index (κ1) is 44.5. The van der Waals surface area contributed by atoms with Gasteiger partial charge in [-0.15, -0.1) is 23.2 Å². The van der Waals surface area contributed by atoms with E-state index >= 15 is 26.3 Å². The predicted molar refractivity (Wildman–Crippen MR) is 202 cm³/mol. The molecular formula is C39H60Cl2F6O6S2. The van der Waals surface area contributed by atoms with Crippen LogP contribution in [0.4, 0.5) is 26.3 Å². The topological polar surface area (TPSA) is 86.7 Å². The van der Waals surface area contributed by atoms with Crippen molar-refractivity contribution in [2.45, 2.75) is 223 Å². The number of hydrogen-bond acceptors (Lipinski definition) is 6. The van der Waals surface area contributed by atoms with Gasteiger partial charge < -0.3 is 9.47 Å². The maximum absolute atomic E-state index is 15.1. The van der Waals surface area contributed by atoms with Crippen LogP contribution in [0.15, 0.2) is 0 Å². The second kappa shape index (κ2) is 17.9. The molecule has 0 aromatic heterocycles. The summed E-state index contributed by atoms with van der Waals surface area (Å²) in [6.45, 7) is 0. The second-order valence-electron chi connectivity index (χ2n) is 17.8. The van der Waals surface area contributed by atoms with E-state index in [0.717, 1.165) is 0 Å². The molecule has 6 nitrogen and oxygen atoms in total. The molecule has 6 fully saturated rings. The van der Waals surface area contributed by atoms with Gasteiger partial charge in [0.25, 0.3) is 0 Å². The molecule has 0 N–H and O–H groups in total. The third kappa shape index (κ3) is 9.80. The Morgan fingerprint density at radius 3 is 0.818 bits per heavy atom. The second-order valence-corrected chi connectivity index (χ2v) is 24.1. The molecule has 6 rings (SSSR count). The van der Waals surface area contributed by atoms with Crippen LogP contribution < -0.4 is 0 Å². The van der Waals surface area contributed by atoms with Gasteiger partial charge in [0.2, 0.25) is 0 Å². The van der Waals surface area contributed by atoms with Crippen molar-refractivity contribution in [1.82, 2.24) is 0 Å². The fourth-order valence-electron chi connectivity index (χ4n) is 11.5. The lowest BCUT2D eigenvalue weighted by molar-refractivity contribution is -0.383. The number of rotatable bonds is 10. The molecule has 0 spiro atoms. The van der Waals surface area contributed by atoms with Crippen molar-refractivity contribution in [2.75, 3.05) is 0 Å². The predicted octanol–water partition coefficient (Wildman–Crippen LogP) is 10.8. The van der Waals surface area contributed by atoms with E-state index in [1.165, 1.54) is 0 Å². The molecule has 0 aromatic rings. The van der Waals surface area contributed by atoms with E-state index in [-0.39, 0.29) is 84.8 Å². The van der Waals surface area contributed by atoms with Crippen LogP contribution >= 0.6 is 23.2 Å². The summed E-state index contributed by atoms with van der Waals surface area (Å²) >= 11 is 12.3. The van der Waals surface area contributed by atoms with Crippen molar-refractivity contribution in [3.63, 3.8) is 0 Å². The molecule has 0 atom stereocenters. The summed E-state index contributed by atoms with van der Waals surface area (Å²) in [5.41, 5.74) is -3.82. The van der Waals surface area contributed by atoms with Crippen LogP contribution in [0, 0.1) is 17.3 Å². The summed E-state index contributed by atoms with van der Waals surface area (Å²) in [6, 6.07) is 0. The smallest absolute Gasteiger partial charge is 0.375 e. The lowest BCUT2D eigenvalue weighted by Gasteiger charge is -2.51. The molecule has 16 heteroatoms. The highest BCUT2D eigenvalue weighted by atomic mass is 35.5. The van der Waals surface area contributed by atoms with Crippen molar-refractivity contribution in [2.24, 2.45) is 17.3 Å². The van der Waals surface area contributed by atoms with Crippen molar-refractivity contribution in [1.29, 1.82) is 0 Å². The molecule has 0 radical (unpaired) electrons. The molecule has 6 saturated carbocycles. The van der Waals surface area contributed by atoms with Crippen molar-refractivity contribution in [3.8, 4) is 0 Å². The molecule has 0 amide bonds. The van der Waals surface area contributed by atoms with Gasteiger partial charge >= 0.3 is 12.4 Å². The van der Waals surface area contributed by atoms with Crippen LogP contribution in [0.25, 0.3) is 0 Å². The van der Waals surface area contributed by atoms with Crippen molar-refractivity contribution >= 4 is 42.9 Å². The first-order valence-corrected chi connectivity index (χ1v) is 25.1. The fraction of sp³-hybridized carbons (Fsp3) is 1.00. The molecule has 0 unspecified atom stereocenters. The molecule has 6 aliphatic carbocycles. The van der Waals surface area contributed by atoms with Crippen molar-refractivity contribution in [3.05, 3.63) is 0 Å². The number of ether oxygens (including phenoxy) is 2. The highest BCUT2D eigenvalue weighted by Crippen LogP contribution is 2.65. The Bertz CT molecular complexity index is 1340. The molecule has 0 aliphatic heterocycles. The monoisotopic (exact) mass is 872 g/mol. The Balaban J connectivity index is 0.991. The van der Waals surface area contributed by atoms with Crippen molar-refractivity contribution < 1.29 is 52.7 Å². The zero-order chi connectivity index (χ0) is 39.8. The largest absolute Gasteiger partial charge is 0.403 e. The SMILES string of the molecule is O=S(=O)(C1CCC(Cl)CC1)C1CCC(OC2CCC(C(C3CCC(OC4CCC(S(=O)(=O)C5CCC(Cl)CC5)CC4)CC3)(C(F)(F)F)C(F)(F)F)CC2)CC1. The Morgan fingerprint density at radius 2 is 0.582 bits per heavy atom. The van der Waals surface area contributed by atoms with Crippen LogP contribution in [-0.4, -0.2) is 85.4 Å². The van der Waals surface area contributed by atoms with Crippen LogP contribution in [0.3, 0.4) is 0 Å². The Kier molecular flexibility index (Phi) is 14.5. The molecule has 0 heterocycles. The van der Waals surface area contributed by atoms with Crippen LogP contribution in [0.2, 0.25) is 0 Å². The fourth-order valence-corrected chi connectivity index (χ4v) is 16.8. The van der Waals surface area contributed by atoms with Crippen LogP contribution in [0.1, 0.15) is 154 Å². The summed E-state index contributed by atoms with van der Waals surface area (Å²) in [6.07, 6.45) is -4.17. The van der Waals surface area contributed by atoms with E-state index in [1.807, 2.05) is 0 Å². The zero-order valence-electron chi connectivity index (χ0n) is 31.7. The van der Waals surface area contributed by atoms with Gasteiger partial charge in [0, 0.05) is 10.8 Å². The highest BCUT2D eigenvalue weighted by molar-refractivity contribution is 7.92. The number of sulfone groups is 2.